The van der Waals surface area contributed by atoms with Gasteiger partial charge in [-0.1, -0.05) is 19.9 Å². The topological polar surface area (TPSA) is 102 Å². The first-order chi connectivity index (χ1) is 12.5. The second-order valence-corrected chi connectivity index (χ2v) is 6.64. The van der Waals surface area contributed by atoms with Crippen LogP contribution in [0.15, 0.2) is 29.2 Å². The zero-order valence-corrected chi connectivity index (χ0v) is 14.9. The number of nitro groups is 1. The summed E-state index contributed by atoms with van der Waals surface area (Å²) in [4.78, 5) is 29.9. The van der Waals surface area contributed by atoms with Crippen LogP contribution in [0.2, 0.25) is 0 Å². The molecule has 2 aromatic heterocycles. The summed E-state index contributed by atoms with van der Waals surface area (Å²) in [5, 5.41) is 14.5. The molecule has 1 atom stereocenters. The minimum Gasteiger partial charge on any atom is -0.379 e. The second-order valence-electron chi connectivity index (χ2n) is 6.64. The number of hydrogen-bond acceptors (Lipinski definition) is 7. The highest BCUT2D eigenvalue weighted by Gasteiger charge is 2.27. The van der Waals surface area contributed by atoms with E-state index >= 15 is 0 Å². The number of fused-ring (bicyclic) bond motifs is 1. The van der Waals surface area contributed by atoms with E-state index in [9.17, 15) is 14.9 Å². The van der Waals surface area contributed by atoms with Gasteiger partial charge in [0.2, 0.25) is 5.82 Å². The van der Waals surface area contributed by atoms with Gasteiger partial charge in [-0.3, -0.25) is 24.2 Å². The van der Waals surface area contributed by atoms with Crippen molar-refractivity contribution in [2.24, 2.45) is 5.92 Å². The Morgan fingerprint density at radius 3 is 2.73 bits per heavy atom. The summed E-state index contributed by atoms with van der Waals surface area (Å²) in [5.74, 6) is 0.353. The van der Waals surface area contributed by atoms with Crippen LogP contribution in [0.25, 0.3) is 5.65 Å². The highest BCUT2D eigenvalue weighted by Crippen LogP contribution is 2.20. The Hall–Kier alpha value is -2.52. The number of morpholine rings is 1. The third-order valence-electron chi connectivity index (χ3n) is 4.66. The van der Waals surface area contributed by atoms with E-state index in [1.54, 1.807) is 18.2 Å². The number of aromatic nitrogens is 2. The highest BCUT2D eigenvalue weighted by atomic mass is 16.6. The van der Waals surface area contributed by atoms with E-state index in [4.69, 9.17) is 4.74 Å². The summed E-state index contributed by atoms with van der Waals surface area (Å²) in [6.07, 6.45) is 1.48. The molecule has 3 rings (SSSR count). The van der Waals surface area contributed by atoms with Gasteiger partial charge < -0.3 is 10.1 Å². The molecule has 0 bridgehead atoms. The summed E-state index contributed by atoms with van der Waals surface area (Å²) in [6, 6.07) is 5.19. The summed E-state index contributed by atoms with van der Waals surface area (Å²) in [5.41, 5.74) is -0.841. The molecule has 9 heteroatoms. The first kappa shape index (κ1) is 18.3. The standard InChI is InChI=1S/C17H23N5O4/c1-12(2)13(20-7-9-26-10-8-20)11-18-16-15(22(24)25)17(23)21-6-4-3-5-14(21)19-16/h3-6,12-13,18H,7-11H2,1-2H3. The largest absolute Gasteiger partial charge is 0.379 e. The van der Waals surface area contributed by atoms with Crippen molar-refractivity contribution < 1.29 is 9.66 Å². The molecule has 0 aliphatic carbocycles. The van der Waals surface area contributed by atoms with E-state index in [1.165, 1.54) is 10.6 Å². The zero-order valence-electron chi connectivity index (χ0n) is 14.9. The molecule has 0 radical (unpaired) electrons. The van der Waals surface area contributed by atoms with E-state index in [1.807, 2.05) is 0 Å². The van der Waals surface area contributed by atoms with Gasteiger partial charge in [-0.2, -0.15) is 0 Å². The number of pyridine rings is 1. The van der Waals surface area contributed by atoms with Crippen molar-refractivity contribution >= 4 is 17.2 Å². The first-order valence-corrected chi connectivity index (χ1v) is 8.70. The van der Waals surface area contributed by atoms with E-state index in [2.05, 4.69) is 29.0 Å². The molecule has 26 heavy (non-hydrogen) atoms. The van der Waals surface area contributed by atoms with Crippen LogP contribution in [0.1, 0.15) is 13.8 Å². The fraction of sp³-hybridized carbons (Fsp3) is 0.529. The summed E-state index contributed by atoms with van der Waals surface area (Å²) in [7, 11) is 0. The van der Waals surface area contributed by atoms with Crippen molar-refractivity contribution in [3.63, 3.8) is 0 Å². The summed E-state index contributed by atoms with van der Waals surface area (Å²) >= 11 is 0. The molecule has 0 saturated carbocycles. The summed E-state index contributed by atoms with van der Waals surface area (Å²) < 4.78 is 6.58. The molecular weight excluding hydrogens is 338 g/mol. The van der Waals surface area contributed by atoms with Gasteiger partial charge in [0.15, 0.2) is 0 Å². The van der Waals surface area contributed by atoms with Crippen molar-refractivity contribution in [1.82, 2.24) is 14.3 Å². The minimum absolute atomic E-state index is 0.0186. The Morgan fingerprint density at radius 1 is 1.35 bits per heavy atom. The SMILES string of the molecule is CC(C)C(CNc1nc2ccccn2c(=O)c1[N+](=O)[O-])N1CCOCC1. The smallest absolute Gasteiger partial charge is 0.376 e. The maximum absolute atomic E-state index is 12.5. The molecule has 2 aromatic rings. The third kappa shape index (κ3) is 3.68. The lowest BCUT2D eigenvalue weighted by atomic mass is 10.0. The molecule has 140 valence electrons. The molecule has 1 aliphatic rings. The average Bonchev–Trinajstić information content (AvgIpc) is 2.62. The number of nitrogens with zero attached hydrogens (tertiary/aromatic N) is 4. The van der Waals surface area contributed by atoms with Crippen LogP contribution < -0.4 is 10.9 Å². The molecule has 0 spiro atoms. The van der Waals surface area contributed by atoms with E-state index in [0.29, 0.717) is 31.3 Å². The average molecular weight is 361 g/mol. The minimum atomic E-state index is -0.685. The predicted octanol–water partition coefficient (Wildman–Crippen LogP) is 1.37. The van der Waals surface area contributed by atoms with Crippen LogP contribution in [0.3, 0.4) is 0 Å². The molecule has 0 amide bonds. The van der Waals surface area contributed by atoms with Crippen LogP contribution in [0, 0.1) is 16.0 Å². The molecule has 1 unspecified atom stereocenters. The van der Waals surface area contributed by atoms with Gasteiger partial charge >= 0.3 is 11.2 Å². The quantitative estimate of drug-likeness (QED) is 0.612. The molecule has 1 saturated heterocycles. The number of hydrogen-bond donors (Lipinski definition) is 1. The van der Waals surface area contributed by atoms with Gasteiger partial charge in [0.1, 0.15) is 5.65 Å². The monoisotopic (exact) mass is 361 g/mol. The fourth-order valence-corrected chi connectivity index (χ4v) is 3.26. The van der Waals surface area contributed by atoms with Gasteiger partial charge in [-0.15, -0.1) is 0 Å². The third-order valence-corrected chi connectivity index (χ3v) is 4.66. The number of ether oxygens (including phenoxy) is 1. The van der Waals surface area contributed by atoms with Crippen LogP contribution in [-0.2, 0) is 4.74 Å². The summed E-state index contributed by atoms with van der Waals surface area (Å²) in [6.45, 7) is 7.69. The van der Waals surface area contributed by atoms with Gasteiger partial charge in [0.05, 0.1) is 18.1 Å². The number of nitrogens with one attached hydrogen (secondary N) is 1. The lowest BCUT2D eigenvalue weighted by Gasteiger charge is -2.37. The molecule has 9 nitrogen and oxygen atoms in total. The fourth-order valence-electron chi connectivity index (χ4n) is 3.26. The molecule has 3 heterocycles. The normalized spacial score (nSPS) is 16.7. The van der Waals surface area contributed by atoms with Crippen molar-refractivity contribution in [1.29, 1.82) is 0 Å². The van der Waals surface area contributed by atoms with Crippen molar-refractivity contribution in [2.45, 2.75) is 19.9 Å². The van der Waals surface area contributed by atoms with Gasteiger partial charge in [-0.25, -0.2) is 4.98 Å². The van der Waals surface area contributed by atoms with Crippen LogP contribution in [-0.4, -0.2) is 58.1 Å². The number of rotatable bonds is 6. The lowest BCUT2D eigenvalue weighted by Crippen LogP contribution is -2.49. The van der Waals surface area contributed by atoms with Crippen molar-refractivity contribution in [3.8, 4) is 0 Å². The van der Waals surface area contributed by atoms with E-state index in [-0.39, 0.29) is 11.9 Å². The predicted molar refractivity (Wildman–Crippen MR) is 97.6 cm³/mol. The van der Waals surface area contributed by atoms with Crippen LogP contribution in [0.4, 0.5) is 11.5 Å². The van der Waals surface area contributed by atoms with Gasteiger partial charge in [0, 0.05) is 31.9 Å². The maximum atomic E-state index is 12.5. The van der Waals surface area contributed by atoms with Crippen LogP contribution in [0.5, 0.6) is 0 Å². The maximum Gasteiger partial charge on any atom is 0.376 e. The molecule has 1 fully saturated rings. The molecule has 1 N–H and O–H groups in total. The van der Waals surface area contributed by atoms with Crippen LogP contribution >= 0.6 is 0 Å². The number of anilines is 1. The van der Waals surface area contributed by atoms with Gasteiger partial charge in [0.25, 0.3) is 0 Å². The first-order valence-electron chi connectivity index (χ1n) is 8.70. The molecule has 1 aliphatic heterocycles. The Bertz CT molecular complexity index is 845. The second kappa shape index (κ2) is 7.79. The molecule has 0 aromatic carbocycles. The van der Waals surface area contributed by atoms with Gasteiger partial charge in [-0.05, 0) is 18.1 Å². The van der Waals surface area contributed by atoms with E-state index < -0.39 is 16.2 Å². The van der Waals surface area contributed by atoms with Crippen molar-refractivity contribution in [3.05, 3.63) is 44.9 Å². The molecular formula is C17H23N5O4. The van der Waals surface area contributed by atoms with E-state index in [0.717, 1.165) is 13.1 Å². The lowest BCUT2D eigenvalue weighted by molar-refractivity contribution is -0.385. The van der Waals surface area contributed by atoms with Crippen molar-refractivity contribution in [2.75, 3.05) is 38.2 Å². The Balaban J connectivity index is 1.90. The Morgan fingerprint density at radius 2 is 2.08 bits per heavy atom. The highest BCUT2D eigenvalue weighted by molar-refractivity contribution is 5.59. The Labute approximate surface area is 150 Å². The zero-order chi connectivity index (χ0) is 18.7. The Kier molecular flexibility index (Phi) is 5.48.